The van der Waals surface area contributed by atoms with Crippen molar-refractivity contribution in [2.24, 2.45) is 0 Å². The minimum Gasteiger partial charge on any atom is -0.309 e. The molecule has 0 aliphatic rings. The molecule has 0 unspecified atom stereocenters. The van der Waals surface area contributed by atoms with Crippen LogP contribution in [-0.4, -0.2) is 37.8 Å². The highest BCUT2D eigenvalue weighted by molar-refractivity contribution is 6.14. The van der Waals surface area contributed by atoms with Gasteiger partial charge in [0.25, 0.3) is 0 Å². The molecule has 8 heterocycles. The molecule has 0 radical (unpaired) electrons. The fourth-order valence-corrected chi connectivity index (χ4v) is 14.2. The Morgan fingerprint density at radius 1 is 0.264 bits per heavy atom. The summed E-state index contributed by atoms with van der Waals surface area (Å²) in [5.74, 6) is 1.64. The van der Waals surface area contributed by atoms with E-state index in [-0.39, 0.29) is 0 Å². The smallest absolute Gasteiger partial charge is 0.138 e. The summed E-state index contributed by atoms with van der Waals surface area (Å²) in [6.07, 6.45) is 3.69. The maximum absolute atomic E-state index is 5.69. The van der Waals surface area contributed by atoms with Crippen LogP contribution in [0.25, 0.3) is 160 Å². The van der Waals surface area contributed by atoms with Gasteiger partial charge in [-0.05, 0) is 156 Å². The summed E-state index contributed by atoms with van der Waals surface area (Å²) in [5, 5.41) is 9.67. The standard InChI is InChI=1S/C77H50N8.C2H6/c1-47-52(23-15-31-62(47)82-64-25-9-3-17-54(64)55-18-4-10-26-65(55)82)49-33-35-70-60(45-49)58-21-7-13-29-68(58)84(70)74-39-37-72-76(79-74)77-73(81(72)51-41-43-78-44-42-51)38-40-75(80-77)85-69-30-14-8-22-59(69)61-46-50(34-36-71(61)85)53-24-16-32-63(48(53)2)83-66-27-11-5-19-56(66)57-20-6-12-28-67(57)83;1-2/h3-46H,1-2H3;1-2H3. The first-order valence-corrected chi connectivity index (χ1v) is 30.0. The van der Waals surface area contributed by atoms with Crippen molar-refractivity contribution in [1.29, 1.82) is 0 Å². The molecule has 18 aromatic rings. The molecular formula is C79H56N8. The molecule has 8 nitrogen and oxygen atoms in total. The van der Waals surface area contributed by atoms with Crippen LogP contribution in [0.2, 0.25) is 0 Å². The van der Waals surface area contributed by atoms with Crippen molar-refractivity contribution in [2.45, 2.75) is 27.7 Å². The van der Waals surface area contributed by atoms with Crippen LogP contribution < -0.4 is 0 Å². The molecule has 87 heavy (non-hydrogen) atoms. The predicted octanol–water partition coefficient (Wildman–Crippen LogP) is 20.3. The van der Waals surface area contributed by atoms with Crippen molar-refractivity contribution < 1.29 is 0 Å². The molecule has 412 valence electrons. The summed E-state index contributed by atoms with van der Waals surface area (Å²) in [5.41, 5.74) is 23.2. The van der Waals surface area contributed by atoms with Gasteiger partial charge in [0.15, 0.2) is 0 Å². The van der Waals surface area contributed by atoms with Gasteiger partial charge in [0, 0.05) is 72.5 Å². The van der Waals surface area contributed by atoms with Gasteiger partial charge in [0.1, 0.15) is 22.7 Å². The molecule has 0 saturated heterocycles. The lowest BCUT2D eigenvalue weighted by Gasteiger charge is -2.15. The van der Waals surface area contributed by atoms with Crippen LogP contribution in [0.15, 0.2) is 267 Å². The minimum atomic E-state index is 0.813. The molecule has 0 amide bonds. The van der Waals surface area contributed by atoms with E-state index in [1.165, 1.54) is 77.2 Å². The predicted molar refractivity (Wildman–Crippen MR) is 363 cm³/mol. The summed E-state index contributed by atoms with van der Waals surface area (Å²) in [6.45, 7) is 8.52. The molecule has 0 aliphatic heterocycles. The molecule has 0 spiro atoms. The Morgan fingerprint density at radius 2 is 0.586 bits per heavy atom. The van der Waals surface area contributed by atoms with E-state index in [0.29, 0.717) is 0 Å². The van der Waals surface area contributed by atoms with Crippen molar-refractivity contribution in [3.05, 3.63) is 278 Å². The maximum atomic E-state index is 5.69. The molecule has 0 saturated carbocycles. The second-order valence-corrected chi connectivity index (χ2v) is 22.4. The number of hydrogen-bond acceptors (Lipinski definition) is 3. The Labute approximate surface area is 501 Å². The van der Waals surface area contributed by atoms with E-state index < -0.39 is 0 Å². The normalized spacial score (nSPS) is 11.9. The summed E-state index contributed by atoms with van der Waals surface area (Å²) in [7, 11) is 0. The Balaban J connectivity index is 0.00000292. The zero-order valence-electron chi connectivity index (χ0n) is 48.5. The number of pyridine rings is 3. The molecular weight excluding hydrogens is 1060 g/mol. The van der Waals surface area contributed by atoms with Crippen molar-refractivity contribution >= 4 is 109 Å². The highest BCUT2D eigenvalue weighted by Crippen LogP contribution is 2.43. The Hall–Kier alpha value is -11.4. The Morgan fingerprint density at radius 3 is 0.966 bits per heavy atom. The van der Waals surface area contributed by atoms with Gasteiger partial charge in [-0.3, -0.25) is 14.1 Å². The summed E-state index contributed by atoms with van der Waals surface area (Å²) in [4.78, 5) is 15.8. The minimum absolute atomic E-state index is 0.813. The van der Waals surface area contributed by atoms with Crippen molar-refractivity contribution in [3.8, 4) is 51.0 Å². The van der Waals surface area contributed by atoms with Gasteiger partial charge >= 0.3 is 0 Å². The fourth-order valence-electron chi connectivity index (χ4n) is 14.2. The van der Waals surface area contributed by atoms with E-state index in [1.54, 1.807) is 0 Å². The Bertz CT molecular complexity index is 5380. The summed E-state index contributed by atoms with van der Waals surface area (Å²) >= 11 is 0. The van der Waals surface area contributed by atoms with Crippen LogP contribution in [-0.2, 0) is 0 Å². The molecule has 8 aromatic heterocycles. The largest absolute Gasteiger partial charge is 0.309 e. The van der Waals surface area contributed by atoms with Crippen molar-refractivity contribution in [1.82, 2.24) is 37.8 Å². The van der Waals surface area contributed by atoms with Gasteiger partial charge in [-0.2, -0.15) is 0 Å². The van der Waals surface area contributed by atoms with Gasteiger partial charge < -0.3 is 13.7 Å². The van der Waals surface area contributed by atoms with Crippen LogP contribution in [0.4, 0.5) is 0 Å². The van der Waals surface area contributed by atoms with E-state index in [1.807, 2.05) is 26.2 Å². The second kappa shape index (κ2) is 19.6. The molecule has 0 fully saturated rings. The molecule has 0 bridgehead atoms. The zero-order chi connectivity index (χ0) is 58.0. The summed E-state index contributed by atoms with van der Waals surface area (Å²) < 4.78 is 11.8. The lowest BCUT2D eigenvalue weighted by Crippen LogP contribution is -1.99. The number of aromatic nitrogens is 8. The van der Waals surface area contributed by atoms with Gasteiger partial charge in [0.2, 0.25) is 0 Å². The lowest BCUT2D eigenvalue weighted by molar-refractivity contribution is 1.09. The van der Waals surface area contributed by atoms with E-state index in [2.05, 4.69) is 296 Å². The molecule has 0 atom stereocenters. The van der Waals surface area contributed by atoms with Gasteiger partial charge in [0.05, 0.1) is 55.2 Å². The van der Waals surface area contributed by atoms with Gasteiger partial charge in [-0.25, -0.2) is 9.97 Å². The quantitative estimate of drug-likeness (QED) is 0.160. The molecule has 10 aromatic carbocycles. The monoisotopic (exact) mass is 1120 g/mol. The number of fused-ring (bicyclic) bond motifs is 15. The average molecular weight is 1120 g/mol. The topological polar surface area (TPSA) is 63.3 Å². The van der Waals surface area contributed by atoms with E-state index in [9.17, 15) is 0 Å². The van der Waals surface area contributed by atoms with E-state index >= 15 is 0 Å². The third-order valence-corrected chi connectivity index (χ3v) is 18.0. The molecule has 18 rings (SSSR count). The number of hydrogen-bond donors (Lipinski definition) is 0. The number of nitrogens with zero attached hydrogens (tertiary/aromatic N) is 8. The first-order chi connectivity index (χ1) is 43.0. The highest BCUT2D eigenvalue weighted by atomic mass is 15.1. The fraction of sp³-hybridized carbons (Fsp3) is 0.0506. The van der Waals surface area contributed by atoms with Crippen LogP contribution in [0.3, 0.4) is 0 Å². The SMILES string of the molecule is CC.Cc1c(-c2ccc3c(c2)c2ccccc2n3-c2ccc3c(n2)c2nc(-n4c5ccccc5c5cc(-c6cccc(-n7c8ccccc8c8ccccc87)c6C)ccc54)ccc2n3-c2ccncc2)cccc1-n1c2ccccc2c2ccccc21. The van der Waals surface area contributed by atoms with Crippen LogP contribution in [0, 0.1) is 13.8 Å². The number of rotatable bonds is 7. The molecule has 0 N–H and O–H groups in total. The van der Waals surface area contributed by atoms with Gasteiger partial charge in [-0.15, -0.1) is 0 Å². The summed E-state index contributed by atoms with van der Waals surface area (Å²) in [6, 6.07) is 92.4. The molecule has 8 heteroatoms. The maximum Gasteiger partial charge on any atom is 0.138 e. The van der Waals surface area contributed by atoms with Crippen LogP contribution in [0.1, 0.15) is 25.0 Å². The average Bonchev–Trinajstić information content (AvgIpc) is 1.87. The first-order valence-electron chi connectivity index (χ1n) is 30.0. The number of benzene rings is 10. The van der Waals surface area contributed by atoms with Crippen molar-refractivity contribution in [3.63, 3.8) is 0 Å². The third kappa shape index (κ3) is 7.41. The number of para-hydroxylation sites is 6. The second-order valence-electron chi connectivity index (χ2n) is 22.4. The van der Waals surface area contributed by atoms with E-state index in [4.69, 9.17) is 9.97 Å². The first kappa shape index (κ1) is 50.2. The molecule has 0 aliphatic carbocycles. The lowest BCUT2D eigenvalue weighted by atomic mass is 9.97. The van der Waals surface area contributed by atoms with Gasteiger partial charge in [-0.1, -0.05) is 159 Å². The zero-order valence-corrected chi connectivity index (χ0v) is 48.5. The Kier molecular flexibility index (Phi) is 11.3. The van der Waals surface area contributed by atoms with Crippen LogP contribution in [0.5, 0.6) is 0 Å². The van der Waals surface area contributed by atoms with Crippen molar-refractivity contribution in [2.75, 3.05) is 0 Å². The van der Waals surface area contributed by atoms with E-state index in [0.717, 1.165) is 94.1 Å². The highest BCUT2D eigenvalue weighted by Gasteiger charge is 2.24. The third-order valence-electron chi connectivity index (χ3n) is 18.0. The van der Waals surface area contributed by atoms with Crippen LogP contribution >= 0.6 is 0 Å².